The molecule has 1 aliphatic heterocycles. The number of nitrogens with two attached hydrogens (primary N) is 1. The smallest absolute Gasteiger partial charge is 0.220 e. The molecule has 3 rings (SSSR count). The van der Waals surface area contributed by atoms with Crippen LogP contribution in [0.4, 0.5) is 5.95 Å². The molecule has 0 unspecified atom stereocenters. The van der Waals surface area contributed by atoms with Crippen LogP contribution in [0.15, 0.2) is 16.7 Å². The molecule has 2 aromatic rings. The highest BCUT2D eigenvalue weighted by molar-refractivity contribution is 5.27. The second kappa shape index (κ2) is 4.66. The van der Waals surface area contributed by atoms with Crippen LogP contribution in [0, 0.1) is 13.8 Å². The molecule has 0 saturated carbocycles. The van der Waals surface area contributed by atoms with Gasteiger partial charge in [0.2, 0.25) is 5.95 Å². The molecule has 2 N–H and O–H groups in total. The molecule has 0 spiro atoms. The molecule has 0 aromatic carbocycles. The number of anilines is 1. The van der Waals surface area contributed by atoms with E-state index in [0.29, 0.717) is 5.95 Å². The fourth-order valence-corrected chi connectivity index (χ4v) is 2.47. The lowest BCUT2D eigenvalue weighted by Crippen LogP contribution is -2.30. The van der Waals surface area contributed by atoms with Gasteiger partial charge in [0.05, 0.1) is 12.2 Å². The van der Waals surface area contributed by atoms with Crippen molar-refractivity contribution in [2.45, 2.75) is 33.4 Å². The molecule has 0 aliphatic carbocycles. The normalized spacial score (nSPS) is 15.5. The Labute approximate surface area is 112 Å². The topological polar surface area (TPSA) is 68.2 Å². The number of fused-ring (bicyclic) bond motifs is 1. The average molecular weight is 258 g/mol. The Bertz CT molecular complexity index is 586. The SMILES string of the molecule is Cc1cc(CN2CCc3nc(N)ncc3C2)oc1C. The molecule has 3 heterocycles. The second-order valence-corrected chi connectivity index (χ2v) is 5.11. The van der Waals surface area contributed by atoms with Crippen molar-refractivity contribution in [3.05, 3.63) is 40.6 Å². The van der Waals surface area contributed by atoms with Crippen molar-refractivity contribution in [3.8, 4) is 0 Å². The first-order chi connectivity index (χ1) is 9.11. The van der Waals surface area contributed by atoms with Crippen molar-refractivity contribution >= 4 is 5.95 Å². The van der Waals surface area contributed by atoms with Crippen molar-refractivity contribution in [2.24, 2.45) is 0 Å². The number of nitrogens with zero attached hydrogens (tertiary/aromatic N) is 3. The van der Waals surface area contributed by atoms with Crippen molar-refractivity contribution in [1.29, 1.82) is 0 Å². The zero-order valence-corrected chi connectivity index (χ0v) is 11.3. The van der Waals surface area contributed by atoms with Crippen molar-refractivity contribution < 1.29 is 4.42 Å². The fraction of sp³-hybridized carbons (Fsp3) is 0.429. The van der Waals surface area contributed by atoms with Gasteiger partial charge in [0.25, 0.3) is 0 Å². The number of furan rings is 1. The summed E-state index contributed by atoms with van der Waals surface area (Å²) in [4.78, 5) is 10.7. The van der Waals surface area contributed by atoms with Gasteiger partial charge in [-0.2, -0.15) is 0 Å². The third-order valence-corrected chi connectivity index (χ3v) is 3.63. The molecule has 0 atom stereocenters. The molecule has 0 amide bonds. The highest BCUT2D eigenvalue weighted by atomic mass is 16.3. The zero-order valence-electron chi connectivity index (χ0n) is 11.3. The number of rotatable bonds is 2. The summed E-state index contributed by atoms with van der Waals surface area (Å²) in [7, 11) is 0. The summed E-state index contributed by atoms with van der Waals surface area (Å²) >= 11 is 0. The minimum Gasteiger partial charge on any atom is -0.465 e. The highest BCUT2D eigenvalue weighted by Gasteiger charge is 2.19. The van der Waals surface area contributed by atoms with Gasteiger partial charge >= 0.3 is 0 Å². The second-order valence-electron chi connectivity index (χ2n) is 5.11. The molecule has 5 heteroatoms. The van der Waals surface area contributed by atoms with Gasteiger partial charge in [-0.05, 0) is 25.5 Å². The molecule has 0 saturated heterocycles. The highest BCUT2D eigenvalue weighted by Crippen LogP contribution is 2.21. The van der Waals surface area contributed by atoms with Crippen LogP contribution in [-0.4, -0.2) is 21.4 Å². The molecular formula is C14H18N4O. The van der Waals surface area contributed by atoms with E-state index in [9.17, 15) is 0 Å². The first kappa shape index (κ1) is 12.2. The molecule has 2 aromatic heterocycles. The van der Waals surface area contributed by atoms with Gasteiger partial charge in [0.1, 0.15) is 11.5 Å². The Kier molecular flexibility index (Phi) is 2.98. The molecular weight excluding hydrogens is 240 g/mol. The van der Waals surface area contributed by atoms with Crippen LogP contribution >= 0.6 is 0 Å². The van der Waals surface area contributed by atoms with Gasteiger partial charge < -0.3 is 10.2 Å². The molecule has 100 valence electrons. The average Bonchev–Trinajstić information content (AvgIpc) is 2.68. The van der Waals surface area contributed by atoms with Gasteiger partial charge in [0, 0.05) is 31.3 Å². The van der Waals surface area contributed by atoms with Gasteiger partial charge in [-0.3, -0.25) is 4.90 Å². The number of aromatic nitrogens is 2. The number of nitrogen functional groups attached to an aromatic ring is 1. The van der Waals surface area contributed by atoms with Gasteiger partial charge in [-0.15, -0.1) is 0 Å². The van der Waals surface area contributed by atoms with Crippen LogP contribution in [0.5, 0.6) is 0 Å². The standard InChI is InChI=1S/C14H18N4O/c1-9-5-12(19-10(9)2)8-18-4-3-13-11(7-18)6-16-14(15)17-13/h5-6H,3-4,7-8H2,1-2H3,(H2,15,16,17). The van der Waals surface area contributed by atoms with E-state index >= 15 is 0 Å². The maximum Gasteiger partial charge on any atom is 0.220 e. The predicted molar refractivity (Wildman–Crippen MR) is 72.4 cm³/mol. The lowest BCUT2D eigenvalue weighted by Gasteiger charge is -2.26. The summed E-state index contributed by atoms with van der Waals surface area (Å²) in [6, 6.07) is 2.12. The van der Waals surface area contributed by atoms with Crippen LogP contribution in [0.2, 0.25) is 0 Å². The van der Waals surface area contributed by atoms with Gasteiger partial charge in [0.15, 0.2) is 0 Å². The first-order valence-corrected chi connectivity index (χ1v) is 6.50. The third kappa shape index (κ3) is 2.46. The number of hydrogen-bond acceptors (Lipinski definition) is 5. The quantitative estimate of drug-likeness (QED) is 0.890. The molecule has 1 aliphatic rings. The van der Waals surface area contributed by atoms with Crippen molar-refractivity contribution in [3.63, 3.8) is 0 Å². The van der Waals surface area contributed by atoms with Gasteiger partial charge in [-0.1, -0.05) is 0 Å². The van der Waals surface area contributed by atoms with Crippen LogP contribution in [0.3, 0.4) is 0 Å². The van der Waals surface area contributed by atoms with Crippen molar-refractivity contribution in [2.75, 3.05) is 12.3 Å². The zero-order chi connectivity index (χ0) is 13.4. The van der Waals surface area contributed by atoms with Crippen LogP contribution in [0.1, 0.15) is 28.3 Å². The maximum absolute atomic E-state index is 5.73. The Hall–Kier alpha value is -1.88. The molecule has 5 nitrogen and oxygen atoms in total. The van der Waals surface area contributed by atoms with E-state index in [4.69, 9.17) is 10.2 Å². The molecule has 0 fully saturated rings. The van der Waals surface area contributed by atoms with Crippen LogP contribution in [-0.2, 0) is 19.5 Å². The van der Waals surface area contributed by atoms with E-state index in [1.54, 1.807) is 0 Å². The van der Waals surface area contributed by atoms with Crippen molar-refractivity contribution in [1.82, 2.24) is 14.9 Å². The fourth-order valence-electron chi connectivity index (χ4n) is 2.47. The predicted octanol–water partition coefficient (Wildman–Crippen LogP) is 1.83. The van der Waals surface area contributed by atoms with E-state index in [1.807, 2.05) is 13.1 Å². The lowest BCUT2D eigenvalue weighted by molar-refractivity contribution is 0.222. The maximum atomic E-state index is 5.73. The van der Waals surface area contributed by atoms with E-state index in [1.165, 1.54) is 11.1 Å². The summed E-state index contributed by atoms with van der Waals surface area (Å²) in [5.74, 6) is 2.39. The summed E-state index contributed by atoms with van der Waals surface area (Å²) in [6.07, 6.45) is 2.75. The summed E-state index contributed by atoms with van der Waals surface area (Å²) in [6.45, 7) is 6.74. The lowest BCUT2D eigenvalue weighted by atomic mass is 10.1. The van der Waals surface area contributed by atoms with E-state index < -0.39 is 0 Å². The Morgan fingerprint density at radius 2 is 2.26 bits per heavy atom. The summed E-state index contributed by atoms with van der Waals surface area (Å²) in [5.41, 5.74) is 9.07. The molecule has 19 heavy (non-hydrogen) atoms. The molecule has 0 radical (unpaired) electrons. The Morgan fingerprint density at radius 1 is 1.42 bits per heavy atom. The van der Waals surface area contributed by atoms with Crippen LogP contribution < -0.4 is 5.73 Å². The minimum absolute atomic E-state index is 0.365. The van der Waals surface area contributed by atoms with E-state index in [2.05, 4.69) is 27.9 Å². The monoisotopic (exact) mass is 258 g/mol. The van der Waals surface area contributed by atoms with Crippen LogP contribution in [0.25, 0.3) is 0 Å². The van der Waals surface area contributed by atoms with E-state index in [0.717, 1.165) is 43.3 Å². The minimum atomic E-state index is 0.365. The summed E-state index contributed by atoms with van der Waals surface area (Å²) in [5, 5.41) is 0. The molecule has 0 bridgehead atoms. The number of hydrogen-bond donors (Lipinski definition) is 1. The largest absolute Gasteiger partial charge is 0.465 e. The number of aryl methyl sites for hydroxylation is 2. The summed E-state index contributed by atoms with van der Waals surface area (Å²) < 4.78 is 5.73. The first-order valence-electron chi connectivity index (χ1n) is 6.50. The Balaban J connectivity index is 1.73. The third-order valence-electron chi connectivity index (χ3n) is 3.63. The Morgan fingerprint density at radius 3 is 3.00 bits per heavy atom. The van der Waals surface area contributed by atoms with E-state index in [-0.39, 0.29) is 0 Å². The van der Waals surface area contributed by atoms with Gasteiger partial charge in [-0.25, -0.2) is 9.97 Å².